The van der Waals surface area contributed by atoms with Crippen LogP contribution in [0.5, 0.6) is 0 Å². The van der Waals surface area contributed by atoms with Gasteiger partial charge in [0.05, 0.1) is 6.10 Å². The summed E-state index contributed by atoms with van der Waals surface area (Å²) in [5, 5.41) is 19.0. The van der Waals surface area contributed by atoms with Crippen molar-refractivity contribution in [2.75, 3.05) is 0 Å². The van der Waals surface area contributed by atoms with E-state index in [1.54, 1.807) is 0 Å². The third kappa shape index (κ3) is 8.66. The molecule has 0 aromatic carbocycles. The summed E-state index contributed by atoms with van der Waals surface area (Å²) >= 11 is 0. The van der Waals surface area contributed by atoms with Crippen molar-refractivity contribution in [1.82, 2.24) is 0 Å². The molecule has 25 heavy (non-hydrogen) atoms. The molecule has 0 aromatic rings. The maximum absolute atomic E-state index is 12.0. The Balaban J connectivity index is 2.31. The Bertz CT molecular complexity index is 430. The number of carboxylic acid groups (broad SMARTS) is 1. The Hall–Kier alpha value is -1.16. The third-order valence-electron chi connectivity index (χ3n) is 5.48. The van der Waals surface area contributed by atoms with Gasteiger partial charge in [0.15, 0.2) is 0 Å². The molecular formula is C21H36O4. The fourth-order valence-corrected chi connectivity index (χ4v) is 3.98. The number of unbranched alkanes of at least 4 members (excludes halogenated alkanes) is 5. The third-order valence-corrected chi connectivity index (χ3v) is 5.48. The number of carbonyl (C=O) groups excluding carboxylic acids is 1. The van der Waals surface area contributed by atoms with E-state index in [2.05, 4.69) is 13.5 Å². The molecule has 144 valence electrons. The van der Waals surface area contributed by atoms with Gasteiger partial charge in [-0.05, 0) is 43.9 Å². The normalized spacial score (nSPS) is 23.1. The number of hydrogen-bond donors (Lipinski definition) is 2. The highest BCUT2D eigenvalue weighted by Crippen LogP contribution is 2.41. The van der Waals surface area contributed by atoms with Crippen LogP contribution in [0, 0.1) is 11.8 Å². The lowest BCUT2D eigenvalue weighted by atomic mass is 9.84. The molecule has 1 fully saturated rings. The van der Waals surface area contributed by atoms with E-state index in [-0.39, 0.29) is 24.4 Å². The highest BCUT2D eigenvalue weighted by atomic mass is 16.4. The number of carboxylic acids is 1. The summed E-state index contributed by atoms with van der Waals surface area (Å²) in [6.07, 6.45) is 10.5. The van der Waals surface area contributed by atoms with Crippen molar-refractivity contribution in [2.45, 2.75) is 96.5 Å². The van der Waals surface area contributed by atoms with Crippen LogP contribution in [0.15, 0.2) is 12.2 Å². The van der Waals surface area contributed by atoms with Gasteiger partial charge in [0.25, 0.3) is 0 Å². The first kappa shape index (κ1) is 21.9. The van der Waals surface area contributed by atoms with Gasteiger partial charge in [0.2, 0.25) is 0 Å². The number of aliphatic hydroxyl groups excluding tert-OH is 1. The smallest absolute Gasteiger partial charge is 0.303 e. The lowest BCUT2D eigenvalue weighted by Crippen LogP contribution is -2.20. The monoisotopic (exact) mass is 352 g/mol. The Morgan fingerprint density at radius 1 is 1.00 bits per heavy atom. The van der Waals surface area contributed by atoms with E-state index >= 15 is 0 Å². The number of hydrogen-bond acceptors (Lipinski definition) is 3. The minimum atomic E-state index is -0.730. The van der Waals surface area contributed by atoms with Crippen LogP contribution in [0.2, 0.25) is 0 Å². The van der Waals surface area contributed by atoms with Crippen molar-refractivity contribution in [3.8, 4) is 0 Å². The van der Waals surface area contributed by atoms with E-state index in [0.29, 0.717) is 25.0 Å². The lowest BCUT2D eigenvalue weighted by Gasteiger charge is -2.22. The Morgan fingerprint density at radius 2 is 1.68 bits per heavy atom. The first-order valence-electron chi connectivity index (χ1n) is 10.0. The van der Waals surface area contributed by atoms with Crippen LogP contribution in [-0.2, 0) is 9.59 Å². The molecule has 0 radical (unpaired) electrons. The van der Waals surface area contributed by atoms with Gasteiger partial charge in [0, 0.05) is 19.3 Å². The summed E-state index contributed by atoms with van der Waals surface area (Å²) in [6.45, 7) is 6.27. The van der Waals surface area contributed by atoms with Crippen molar-refractivity contribution >= 4 is 11.8 Å². The fraction of sp³-hybridized carbons (Fsp3) is 0.810. The zero-order chi connectivity index (χ0) is 18.7. The minimum absolute atomic E-state index is 0.218. The predicted molar refractivity (Wildman–Crippen MR) is 100 cm³/mol. The number of aliphatic carboxylic acids is 1. The van der Waals surface area contributed by atoms with E-state index in [9.17, 15) is 14.7 Å². The number of ketones is 1. The van der Waals surface area contributed by atoms with Crippen molar-refractivity contribution < 1.29 is 19.8 Å². The van der Waals surface area contributed by atoms with Crippen molar-refractivity contribution in [2.24, 2.45) is 11.8 Å². The van der Waals surface area contributed by atoms with E-state index in [1.807, 2.05) is 0 Å². The Kier molecular flexibility index (Phi) is 10.7. The molecule has 4 nitrogen and oxygen atoms in total. The fourth-order valence-electron chi connectivity index (χ4n) is 3.98. The van der Waals surface area contributed by atoms with E-state index < -0.39 is 5.97 Å². The molecule has 0 aliphatic heterocycles. The number of carbonyl (C=O) groups is 2. The number of Topliss-reactive ketones (excluding diaryl/α,β-unsaturated/α-hetero) is 1. The minimum Gasteiger partial charge on any atom is -0.481 e. The van der Waals surface area contributed by atoms with Crippen molar-refractivity contribution in [3.05, 3.63) is 12.2 Å². The standard InChI is InChI=1S/C21H36O4/c1-3-4-7-10-17(22)13-14-18-16(2)15-20(23)19(18)11-8-5-6-9-12-21(24)25/h18-20,23H,2-15H2,1H3,(H,24,25)/t18-,19?,20?/m0/s1. The van der Waals surface area contributed by atoms with Gasteiger partial charge in [-0.25, -0.2) is 0 Å². The molecule has 3 atom stereocenters. The van der Waals surface area contributed by atoms with E-state index in [0.717, 1.165) is 63.4 Å². The number of rotatable bonds is 14. The highest BCUT2D eigenvalue weighted by Gasteiger charge is 2.36. The van der Waals surface area contributed by atoms with E-state index in [4.69, 9.17) is 5.11 Å². The zero-order valence-electron chi connectivity index (χ0n) is 15.8. The summed E-state index contributed by atoms with van der Waals surface area (Å²) in [7, 11) is 0. The van der Waals surface area contributed by atoms with Crippen LogP contribution in [0.4, 0.5) is 0 Å². The molecule has 1 saturated carbocycles. The lowest BCUT2D eigenvalue weighted by molar-refractivity contribution is -0.137. The van der Waals surface area contributed by atoms with Crippen LogP contribution in [0.3, 0.4) is 0 Å². The summed E-state index contributed by atoms with van der Waals surface area (Å²) in [6, 6.07) is 0. The molecule has 0 heterocycles. The molecular weight excluding hydrogens is 316 g/mol. The van der Waals surface area contributed by atoms with Gasteiger partial charge in [0.1, 0.15) is 5.78 Å². The summed E-state index contributed by atoms with van der Waals surface area (Å²) < 4.78 is 0. The zero-order valence-corrected chi connectivity index (χ0v) is 15.8. The van der Waals surface area contributed by atoms with E-state index in [1.165, 1.54) is 0 Å². The maximum Gasteiger partial charge on any atom is 0.303 e. The predicted octanol–water partition coefficient (Wildman–Crippen LogP) is 4.89. The van der Waals surface area contributed by atoms with Gasteiger partial charge in [-0.1, -0.05) is 51.2 Å². The quantitative estimate of drug-likeness (QED) is 0.344. The molecule has 4 heteroatoms. The topological polar surface area (TPSA) is 74.6 Å². The first-order chi connectivity index (χ1) is 12.0. The molecule has 0 bridgehead atoms. The molecule has 2 N–H and O–H groups in total. The second kappa shape index (κ2) is 12.2. The van der Waals surface area contributed by atoms with Crippen molar-refractivity contribution in [3.63, 3.8) is 0 Å². The maximum atomic E-state index is 12.0. The molecule has 0 saturated heterocycles. The Labute approximate surface area is 152 Å². The van der Waals surface area contributed by atoms with Gasteiger partial charge >= 0.3 is 5.97 Å². The molecule has 0 aromatic heterocycles. The van der Waals surface area contributed by atoms with Gasteiger partial charge in [-0.3, -0.25) is 9.59 Å². The molecule has 2 unspecified atom stereocenters. The highest BCUT2D eigenvalue weighted by molar-refractivity contribution is 5.78. The van der Waals surface area contributed by atoms with Crippen LogP contribution in [-0.4, -0.2) is 28.1 Å². The second-order valence-corrected chi connectivity index (χ2v) is 7.58. The summed E-state index contributed by atoms with van der Waals surface area (Å²) in [5.41, 5.74) is 1.10. The summed E-state index contributed by atoms with van der Waals surface area (Å²) in [4.78, 5) is 22.5. The summed E-state index contributed by atoms with van der Waals surface area (Å²) in [5.74, 6) is 0.0980. The van der Waals surface area contributed by atoms with Crippen molar-refractivity contribution in [1.29, 1.82) is 0 Å². The van der Waals surface area contributed by atoms with Crippen LogP contribution in [0.1, 0.15) is 90.4 Å². The van der Waals surface area contributed by atoms with Gasteiger partial charge in [-0.15, -0.1) is 0 Å². The molecule has 1 rings (SSSR count). The van der Waals surface area contributed by atoms with Crippen LogP contribution < -0.4 is 0 Å². The van der Waals surface area contributed by atoms with Gasteiger partial charge < -0.3 is 10.2 Å². The first-order valence-corrected chi connectivity index (χ1v) is 10.0. The Morgan fingerprint density at radius 3 is 2.36 bits per heavy atom. The number of aliphatic hydroxyl groups is 1. The molecule has 0 amide bonds. The molecule has 0 spiro atoms. The average molecular weight is 353 g/mol. The molecule has 1 aliphatic carbocycles. The second-order valence-electron chi connectivity index (χ2n) is 7.58. The van der Waals surface area contributed by atoms with Crippen LogP contribution in [0.25, 0.3) is 0 Å². The largest absolute Gasteiger partial charge is 0.481 e. The SMILES string of the molecule is C=C1CC(O)C(CCCCCCC(=O)O)[C@H]1CCC(=O)CCCCC. The van der Waals surface area contributed by atoms with Gasteiger partial charge in [-0.2, -0.15) is 0 Å². The van der Waals surface area contributed by atoms with Crippen LogP contribution >= 0.6 is 0 Å². The average Bonchev–Trinajstić information content (AvgIpc) is 2.82. The molecule has 1 aliphatic rings.